The molecular formula is C28H32N6O. The molecule has 2 fully saturated rings. The van der Waals surface area contributed by atoms with Crippen molar-refractivity contribution >= 4 is 28.4 Å². The fraction of sp³-hybridized carbons (Fsp3) is 0.393. The highest BCUT2D eigenvalue weighted by Crippen LogP contribution is 2.28. The lowest BCUT2D eigenvalue weighted by atomic mass is 9.95. The summed E-state index contributed by atoms with van der Waals surface area (Å²) in [6, 6.07) is 19.0. The normalized spacial score (nSPS) is 19.9. The Hall–Kier alpha value is -3.45. The molecule has 1 N–H and O–H groups in total. The van der Waals surface area contributed by atoms with Gasteiger partial charge in [0.15, 0.2) is 11.5 Å². The van der Waals surface area contributed by atoms with Crippen LogP contribution >= 0.6 is 0 Å². The number of carbonyl (C=O) groups is 1. The Bertz CT molecular complexity index is 1310. The first-order chi connectivity index (χ1) is 17.2. The summed E-state index contributed by atoms with van der Waals surface area (Å²) in [5, 5.41) is 3.38. The topological polar surface area (TPSA) is 65.8 Å². The highest BCUT2D eigenvalue weighted by molar-refractivity contribution is 5.84. The van der Waals surface area contributed by atoms with Crippen molar-refractivity contribution in [1.82, 2.24) is 24.6 Å². The van der Waals surface area contributed by atoms with Crippen LogP contribution in [-0.2, 0) is 11.3 Å². The van der Waals surface area contributed by atoms with Crippen LogP contribution in [0.25, 0.3) is 16.7 Å². The van der Waals surface area contributed by atoms with E-state index in [1.54, 1.807) is 6.20 Å². The van der Waals surface area contributed by atoms with Crippen molar-refractivity contribution in [2.75, 3.05) is 31.1 Å². The van der Waals surface area contributed by atoms with Gasteiger partial charge in [-0.1, -0.05) is 30.3 Å². The molecular weight excluding hydrogens is 436 g/mol. The standard InChI is InChI=1S/C28H32N6O/c35-28(30-23-12-17-32(18-13-23)19-21-7-2-1-3-8-21)22-9-5-15-33(20-22)27-25-11-6-16-34(25)24-10-4-14-29-26(24)31-27/h1-4,6-8,10-11,14,16,22-23H,5,9,12-13,15,17-20H2,(H,30,35). The van der Waals surface area contributed by atoms with Gasteiger partial charge in [0, 0.05) is 51.2 Å². The molecule has 7 heteroatoms. The molecule has 2 saturated heterocycles. The molecule has 0 spiro atoms. The number of likely N-dealkylation sites (tertiary alicyclic amines) is 1. The van der Waals surface area contributed by atoms with E-state index in [0.717, 1.165) is 74.4 Å². The number of nitrogens with zero attached hydrogens (tertiary/aromatic N) is 5. The average Bonchev–Trinajstić information content (AvgIpc) is 3.40. The maximum absolute atomic E-state index is 13.3. The van der Waals surface area contributed by atoms with E-state index in [-0.39, 0.29) is 17.9 Å². The number of aromatic nitrogens is 3. The number of carbonyl (C=O) groups excluding carboxylic acids is 1. The summed E-state index contributed by atoms with van der Waals surface area (Å²) in [5.41, 5.74) is 4.16. The van der Waals surface area contributed by atoms with Crippen molar-refractivity contribution in [3.63, 3.8) is 0 Å². The predicted octanol–water partition coefficient (Wildman–Crippen LogP) is 3.88. The first kappa shape index (κ1) is 22.0. The van der Waals surface area contributed by atoms with Crippen molar-refractivity contribution in [3.8, 4) is 0 Å². The van der Waals surface area contributed by atoms with Gasteiger partial charge in [-0.3, -0.25) is 9.69 Å². The SMILES string of the molecule is O=C(NC1CCN(Cc2ccccc2)CC1)C1CCCN(c2nc3ncccc3n3cccc23)C1. The molecule has 3 aromatic heterocycles. The van der Waals surface area contributed by atoms with E-state index < -0.39 is 0 Å². The molecule has 0 saturated carbocycles. The summed E-state index contributed by atoms with van der Waals surface area (Å²) in [4.78, 5) is 27.4. The molecule has 1 aromatic carbocycles. The summed E-state index contributed by atoms with van der Waals surface area (Å²) in [6.07, 6.45) is 7.78. The van der Waals surface area contributed by atoms with Crippen LogP contribution in [0.1, 0.15) is 31.2 Å². The van der Waals surface area contributed by atoms with Crippen LogP contribution in [0.2, 0.25) is 0 Å². The average molecular weight is 469 g/mol. The highest BCUT2D eigenvalue weighted by Gasteiger charge is 2.30. The molecule has 5 heterocycles. The van der Waals surface area contributed by atoms with Crippen LogP contribution in [0.4, 0.5) is 5.82 Å². The number of benzene rings is 1. The Labute approximate surface area is 205 Å². The molecule has 0 bridgehead atoms. The second kappa shape index (κ2) is 9.66. The van der Waals surface area contributed by atoms with Gasteiger partial charge in [-0.25, -0.2) is 9.97 Å². The minimum atomic E-state index is -0.0117. The van der Waals surface area contributed by atoms with Gasteiger partial charge in [0.25, 0.3) is 0 Å². The van der Waals surface area contributed by atoms with Gasteiger partial charge in [0.2, 0.25) is 5.91 Å². The number of piperidine rings is 2. The second-order valence-corrected chi connectivity index (χ2v) is 9.87. The number of anilines is 1. The van der Waals surface area contributed by atoms with Crippen molar-refractivity contribution in [2.45, 2.75) is 38.3 Å². The van der Waals surface area contributed by atoms with E-state index in [9.17, 15) is 4.79 Å². The van der Waals surface area contributed by atoms with Crippen molar-refractivity contribution in [2.24, 2.45) is 5.92 Å². The first-order valence-electron chi connectivity index (χ1n) is 12.8. The number of fused-ring (bicyclic) bond motifs is 3. The fourth-order valence-electron chi connectivity index (χ4n) is 5.61. The molecule has 0 radical (unpaired) electrons. The first-order valence-corrected chi connectivity index (χ1v) is 12.8. The van der Waals surface area contributed by atoms with E-state index in [0.29, 0.717) is 6.54 Å². The summed E-state index contributed by atoms with van der Waals surface area (Å²) in [5.74, 6) is 1.11. The summed E-state index contributed by atoms with van der Waals surface area (Å²) < 4.78 is 2.15. The Morgan fingerprint density at radius 1 is 0.943 bits per heavy atom. The zero-order chi connectivity index (χ0) is 23.6. The fourth-order valence-corrected chi connectivity index (χ4v) is 5.61. The highest BCUT2D eigenvalue weighted by atomic mass is 16.2. The lowest BCUT2D eigenvalue weighted by Crippen LogP contribution is -2.49. The molecule has 2 aliphatic rings. The monoisotopic (exact) mass is 468 g/mol. The smallest absolute Gasteiger partial charge is 0.225 e. The Morgan fingerprint density at radius 2 is 1.77 bits per heavy atom. The van der Waals surface area contributed by atoms with E-state index >= 15 is 0 Å². The number of hydrogen-bond donors (Lipinski definition) is 1. The molecule has 1 atom stereocenters. The maximum atomic E-state index is 13.3. The predicted molar refractivity (Wildman–Crippen MR) is 138 cm³/mol. The summed E-state index contributed by atoms with van der Waals surface area (Å²) in [6.45, 7) is 4.65. The Morgan fingerprint density at radius 3 is 2.63 bits per heavy atom. The third-order valence-electron chi connectivity index (χ3n) is 7.49. The summed E-state index contributed by atoms with van der Waals surface area (Å²) in [7, 11) is 0. The van der Waals surface area contributed by atoms with Gasteiger partial charge in [-0.2, -0.15) is 0 Å². The Kier molecular flexibility index (Phi) is 6.08. The van der Waals surface area contributed by atoms with E-state index in [1.165, 1.54) is 5.56 Å². The molecule has 4 aromatic rings. The van der Waals surface area contributed by atoms with Crippen molar-refractivity contribution in [1.29, 1.82) is 0 Å². The van der Waals surface area contributed by atoms with E-state index in [2.05, 4.69) is 67.1 Å². The third-order valence-corrected chi connectivity index (χ3v) is 7.49. The molecule has 0 aliphatic carbocycles. The number of hydrogen-bond acceptors (Lipinski definition) is 5. The van der Waals surface area contributed by atoms with Crippen LogP contribution in [0.5, 0.6) is 0 Å². The van der Waals surface area contributed by atoms with E-state index in [4.69, 9.17) is 4.98 Å². The second-order valence-electron chi connectivity index (χ2n) is 9.87. The molecule has 6 rings (SSSR count). The molecule has 1 unspecified atom stereocenters. The molecule has 1 amide bonds. The minimum Gasteiger partial charge on any atom is -0.354 e. The minimum absolute atomic E-state index is 0.0117. The number of rotatable bonds is 5. The quantitative estimate of drug-likeness (QED) is 0.482. The van der Waals surface area contributed by atoms with Gasteiger partial charge in [0.05, 0.1) is 17.0 Å². The van der Waals surface area contributed by atoms with E-state index in [1.807, 2.05) is 18.2 Å². The largest absolute Gasteiger partial charge is 0.354 e. The number of amides is 1. The molecule has 35 heavy (non-hydrogen) atoms. The molecule has 7 nitrogen and oxygen atoms in total. The van der Waals surface area contributed by atoms with Gasteiger partial charge >= 0.3 is 0 Å². The van der Waals surface area contributed by atoms with Crippen molar-refractivity contribution < 1.29 is 4.79 Å². The van der Waals surface area contributed by atoms with Crippen LogP contribution in [0.15, 0.2) is 67.0 Å². The van der Waals surface area contributed by atoms with Crippen molar-refractivity contribution in [3.05, 3.63) is 72.6 Å². The van der Waals surface area contributed by atoms with Crippen LogP contribution in [-0.4, -0.2) is 57.4 Å². The lowest BCUT2D eigenvalue weighted by molar-refractivity contribution is -0.126. The lowest BCUT2D eigenvalue weighted by Gasteiger charge is -2.36. The van der Waals surface area contributed by atoms with Crippen LogP contribution < -0.4 is 10.2 Å². The zero-order valence-electron chi connectivity index (χ0n) is 20.0. The van der Waals surface area contributed by atoms with Gasteiger partial charge in [0.1, 0.15) is 0 Å². The van der Waals surface area contributed by atoms with Crippen LogP contribution in [0, 0.1) is 5.92 Å². The van der Waals surface area contributed by atoms with Gasteiger partial charge < -0.3 is 14.6 Å². The van der Waals surface area contributed by atoms with Crippen LogP contribution in [0.3, 0.4) is 0 Å². The maximum Gasteiger partial charge on any atom is 0.225 e. The summed E-state index contributed by atoms with van der Waals surface area (Å²) >= 11 is 0. The molecule has 2 aliphatic heterocycles. The number of pyridine rings is 1. The molecule has 180 valence electrons. The van der Waals surface area contributed by atoms with Gasteiger partial charge in [-0.05, 0) is 55.5 Å². The number of nitrogens with one attached hydrogen (secondary N) is 1. The van der Waals surface area contributed by atoms with Gasteiger partial charge in [-0.15, -0.1) is 0 Å². The zero-order valence-corrected chi connectivity index (χ0v) is 20.0. The Balaban J connectivity index is 1.09. The third kappa shape index (κ3) is 4.60.